The van der Waals surface area contributed by atoms with Gasteiger partial charge >= 0.3 is 6.09 Å². The molecule has 0 bridgehead atoms. The first kappa shape index (κ1) is 21.0. The van der Waals surface area contributed by atoms with Crippen LogP contribution < -0.4 is 4.90 Å². The van der Waals surface area contributed by atoms with Gasteiger partial charge in [0, 0.05) is 49.7 Å². The topological polar surface area (TPSA) is 71.5 Å². The fraction of sp³-hybridized carbons (Fsp3) is 0.273. The van der Waals surface area contributed by atoms with Crippen LogP contribution in [0.15, 0.2) is 48.9 Å². The Morgan fingerprint density at radius 2 is 1.84 bits per heavy atom. The SMILES string of the molecule is CCOC(=O)N1CCN(c2cnc(-c3ccc(F)cc3)c(-c3ccncc3Cl)n2)CC1. The highest BCUT2D eigenvalue weighted by Gasteiger charge is 2.24. The van der Waals surface area contributed by atoms with Crippen molar-refractivity contribution in [3.8, 4) is 22.5 Å². The average Bonchev–Trinajstić information content (AvgIpc) is 2.80. The first-order valence-corrected chi connectivity index (χ1v) is 10.3. The van der Waals surface area contributed by atoms with E-state index in [1.165, 1.54) is 12.1 Å². The Hall–Kier alpha value is -3.26. The van der Waals surface area contributed by atoms with Crippen molar-refractivity contribution in [3.63, 3.8) is 0 Å². The van der Waals surface area contributed by atoms with Gasteiger partial charge in [0.25, 0.3) is 0 Å². The van der Waals surface area contributed by atoms with Crippen LogP contribution in [0.25, 0.3) is 22.5 Å². The molecule has 3 heterocycles. The zero-order chi connectivity index (χ0) is 21.8. The highest BCUT2D eigenvalue weighted by molar-refractivity contribution is 6.33. The van der Waals surface area contributed by atoms with E-state index in [0.29, 0.717) is 60.6 Å². The van der Waals surface area contributed by atoms with Crippen LogP contribution in [0.1, 0.15) is 6.92 Å². The van der Waals surface area contributed by atoms with Crippen LogP contribution in [0, 0.1) is 5.82 Å². The first-order valence-electron chi connectivity index (χ1n) is 9.96. The number of halogens is 2. The van der Waals surface area contributed by atoms with Crippen LogP contribution in [0.5, 0.6) is 0 Å². The Kier molecular flexibility index (Phi) is 6.27. The molecule has 0 spiro atoms. The number of nitrogens with zero attached hydrogens (tertiary/aromatic N) is 5. The molecule has 0 aliphatic carbocycles. The molecule has 0 unspecified atom stereocenters. The molecule has 0 saturated carbocycles. The number of hydrogen-bond donors (Lipinski definition) is 0. The second-order valence-electron chi connectivity index (χ2n) is 6.96. The van der Waals surface area contributed by atoms with E-state index in [-0.39, 0.29) is 11.9 Å². The number of ether oxygens (including phenoxy) is 1. The van der Waals surface area contributed by atoms with Crippen molar-refractivity contribution in [2.24, 2.45) is 0 Å². The van der Waals surface area contributed by atoms with E-state index in [1.54, 1.807) is 48.6 Å². The number of rotatable bonds is 4. The number of piperazine rings is 1. The maximum Gasteiger partial charge on any atom is 0.409 e. The third-order valence-electron chi connectivity index (χ3n) is 5.03. The summed E-state index contributed by atoms with van der Waals surface area (Å²) < 4.78 is 18.5. The van der Waals surface area contributed by atoms with E-state index in [0.717, 1.165) is 5.56 Å². The Morgan fingerprint density at radius 1 is 1.10 bits per heavy atom. The van der Waals surface area contributed by atoms with Gasteiger partial charge in [-0.25, -0.2) is 14.2 Å². The molecule has 1 saturated heterocycles. The summed E-state index contributed by atoms with van der Waals surface area (Å²) in [6.07, 6.45) is 4.58. The van der Waals surface area contributed by atoms with Crippen molar-refractivity contribution in [3.05, 3.63) is 59.8 Å². The van der Waals surface area contributed by atoms with Crippen molar-refractivity contribution in [1.29, 1.82) is 0 Å². The van der Waals surface area contributed by atoms with Gasteiger partial charge in [-0.2, -0.15) is 0 Å². The normalized spacial score (nSPS) is 13.9. The van der Waals surface area contributed by atoms with E-state index in [1.807, 2.05) is 0 Å². The lowest BCUT2D eigenvalue weighted by molar-refractivity contribution is 0.105. The fourth-order valence-electron chi connectivity index (χ4n) is 3.44. The first-order chi connectivity index (χ1) is 15.1. The minimum absolute atomic E-state index is 0.302. The Morgan fingerprint density at radius 3 is 2.52 bits per heavy atom. The van der Waals surface area contributed by atoms with Crippen molar-refractivity contribution < 1.29 is 13.9 Å². The smallest absolute Gasteiger partial charge is 0.409 e. The fourth-order valence-corrected chi connectivity index (χ4v) is 3.65. The third kappa shape index (κ3) is 4.59. The Balaban J connectivity index is 1.67. The van der Waals surface area contributed by atoms with Crippen LogP contribution in [0.3, 0.4) is 0 Å². The molecule has 7 nitrogen and oxygen atoms in total. The van der Waals surface area contributed by atoms with Crippen LogP contribution in [0.2, 0.25) is 5.02 Å². The molecule has 1 aliphatic heterocycles. The number of benzene rings is 1. The van der Waals surface area contributed by atoms with Gasteiger partial charge in [0.1, 0.15) is 17.3 Å². The van der Waals surface area contributed by atoms with E-state index >= 15 is 0 Å². The molecule has 1 amide bonds. The van der Waals surface area contributed by atoms with Crippen LogP contribution in [0.4, 0.5) is 15.0 Å². The summed E-state index contributed by atoms with van der Waals surface area (Å²) in [6, 6.07) is 7.88. The molecule has 9 heteroatoms. The molecule has 1 aliphatic rings. The Bertz CT molecular complexity index is 1070. The molecule has 0 radical (unpaired) electrons. The molecule has 3 aromatic rings. The van der Waals surface area contributed by atoms with Crippen LogP contribution in [-0.4, -0.2) is 58.7 Å². The van der Waals surface area contributed by atoms with Gasteiger partial charge in [-0.05, 0) is 37.3 Å². The minimum Gasteiger partial charge on any atom is -0.450 e. The number of carbonyl (C=O) groups is 1. The summed E-state index contributed by atoms with van der Waals surface area (Å²) in [5, 5.41) is 0.449. The predicted octanol–water partition coefficient (Wildman–Crippen LogP) is 4.28. The molecule has 31 heavy (non-hydrogen) atoms. The summed E-state index contributed by atoms with van der Waals surface area (Å²) in [5.74, 6) is 0.355. The van der Waals surface area contributed by atoms with Crippen molar-refractivity contribution in [2.75, 3.05) is 37.7 Å². The lowest BCUT2D eigenvalue weighted by Gasteiger charge is -2.34. The highest BCUT2D eigenvalue weighted by Crippen LogP contribution is 2.34. The van der Waals surface area contributed by atoms with Gasteiger partial charge in [-0.15, -0.1) is 0 Å². The quantitative estimate of drug-likeness (QED) is 0.602. The molecule has 0 N–H and O–H groups in total. The van der Waals surface area contributed by atoms with Crippen molar-refractivity contribution in [1.82, 2.24) is 19.9 Å². The average molecular weight is 442 g/mol. The molecular weight excluding hydrogens is 421 g/mol. The summed E-state index contributed by atoms with van der Waals surface area (Å²) >= 11 is 6.40. The zero-order valence-electron chi connectivity index (χ0n) is 17.0. The van der Waals surface area contributed by atoms with Gasteiger partial charge in [-0.3, -0.25) is 9.97 Å². The molecule has 1 aromatic carbocycles. The second kappa shape index (κ2) is 9.26. The maximum absolute atomic E-state index is 13.4. The Labute approximate surface area is 184 Å². The van der Waals surface area contributed by atoms with Gasteiger partial charge < -0.3 is 14.5 Å². The number of amides is 1. The van der Waals surface area contributed by atoms with Gasteiger partial charge in [0.05, 0.1) is 23.5 Å². The van der Waals surface area contributed by atoms with Crippen LogP contribution in [-0.2, 0) is 4.74 Å². The zero-order valence-corrected chi connectivity index (χ0v) is 17.7. The van der Waals surface area contributed by atoms with Gasteiger partial charge in [0.15, 0.2) is 0 Å². The maximum atomic E-state index is 13.4. The third-order valence-corrected chi connectivity index (χ3v) is 5.34. The van der Waals surface area contributed by atoms with E-state index in [2.05, 4.69) is 14.9 Å². The second-order valence-corrected chi connectivity index (χ2v) is 7.37. The van der Waals surface area contributed by atoms with Crippen molar-refractivity contribution in [2.45, 2.75) is 6.92 Å². The summed E-state index contributed by atoms with van der Waals surface area (Å²) in [4.78, 5) is 29.2. The lowest BCUT2D eigenvalue weighted by Crippen LogP contribution is -2.49. The number of anilines is 1. The summed E-state index contributed by atoms with van der Waals surface area (Å²) in [5.41, 5.74) is 2.61. The number of aromatic nitrogens is 3. The molecule has 1 fully saturated rings. The number of hydrogen-bond acceptors (Lipinski definition) is 6. The molecule has 160 valence electrons. The van der Waals surface area contributed by atoms with Crippen molar-refractivity contribution >= 4 is 23.5 Å². The number of carbonyl (C=O) groups excluding carboxylic acids is 1. The predicted molar refractivity (Wildman–Crippen MR) is 116 cm³/mol. The van der Waals surface area contributed by atoms with E-state index in [4.69, 9.17) is 21.3 Å². The highest BCUT2D eigenvalue weighted by atomic mass is 35.5. The van der Waals surface area contributed by atoms with E-state index < -0.39 is 0 Å². The van der Waals surface area contributed by atoms with Crippen LogP contribution >= 0.6 is 11.6 Å². The lowest BCUT2D eigenvalue weighted by atomic mass is 10.0. The van der Waals surface area contributed by atoms with E-state index in [9.17, 15) is 9.18 Å². The molecule has 0 atom stereocenters. The molecular formula is C22H21ClFN5O2. The number of pyridine rings is 1. The molecule has 4 rings (SSSR count). The minimum atomic E-state index is -0.323. The molecule has 2 aromatic heterocycles. The largest absolute Gasteiger partial charge is 0.450 e. The van der Waals surface area contributed by atoms with Gasteiger partial charge in [0.2, 0.25) is 0 Å². The summed E-state index contributed by atoms with van der Waals surface area (Å²) in [6.45, 7) is 4.42. The van der Waals surface area contributed by atoms with Gasteiger partial charge in [-0.1, -0.05) is 11.6 Å². The summed E-state index contributed by atoms with van der Waals surface area (Å²) in [7, 11) is 0. The standard InChI is InChI=1S/C22H21ClFN5O2/c1-2-31-22(30)29-11-9-28(10-12-29)19-14-26-20(15-3-5-16(24)6-4-15)21(27-19)17-7-8-25-13-18(17)23/h3-8,13-14H,2,9-12H2,1H3. The monoisotopic (exact) mass is 441 g/mol.